The molecule has 1 aliphatic rings. The molecule has 1 fully saturated rings. The minimum Gasteiger partial charge on any atom is -0.388 e. The fraction of sp³-hybridized carbons (Fsp3) is 0.429. The summed E-state index contributed by atoms with van der Waals surface area (Å²) in [7, 11) is 0. The van der Waals surface area contributed by atoms with Crippen LogP contribution in [0, 0.1) is 11.6 Å². The van der Waals surface area contributed by atoms with Crippen molar-refractivity contribution in [2.24, 2.45) is 0 Å². The molecule has 2 heterocycles. The van der Waals surface area contributed by atoms with Crippen molar-refractivity contribution in [1.29, 1.82) is 0 Å². The van der Waals surface area contributed by atoms with Crippen molar-refractivity contribution in [1.82, 2.24) is 9.97 Å². The van der Waals surface area contributed by atoms with E-state index in [1.54, 1.807) is 11.8 Å². The lowest BCUT2D eigenvalue weighted by Crippen LogP contribution is -2.46. The Bertz CT molecular complexity index is 708. The van der Waals surface area contributed by atoms with E-state index in [0.29, 0.717) is 25.3 Å². The number of anilines is 1. The van der Waals surface area contributed by atoms with Gasteiger partial charge in [-0.25, -0.2) is 13.8 Å². The summed E-state index contributed by atoms with van der Waals surface area (Å²) in [6.45, 7) is 2.69. The molecule has 1 aromatic carbocycles. The van der Waals surface area contributed by atoms with E-state index < -0.39 is 17.2 Å². The van der Waals surface area contributed by atoms with Gasteiger partial charge in [0.25, 0.3) is 0 Å². The van der Waals surface area contributed by atoms with Crippen LogP contribution in [0.2, 0.25) is 5.28 Å². The molecule has 1 saturated heterocycles. The van der Waals surface area contributed by atoms with Crippen molar-refractivity contribution in [3.63, 3.8) is 0 Å². The molecule has 2 aromatic rings. The van der Waals surface area contributed by atoms with Crippen molar-refractivity contribution in [2.75, 3.05) is 18.0 Å². The van der Waals surface area contributed by atoms with E-state index in [4.69, 9.17) is 11.6 Å². The predicted octanol–water partition coefficient (Wildman–Crippen LogP) is 2.91. The van der Waals surface area contributed by atoms with E-state index in [9.17, 15) is 13.9 Å². The summed E-state index contributed by atoms with van der Waals surface area (Å²) in [5.74, 6) is -1.13. The molecular formula is C14H14ClF2N3O. The summed E-state index contributed by atoms with van der Waals surface area (Å²) in [6.07, 6.45) is 1.43. The average molecular weight is 314 g/mol. The molecule has 4 nitrogen and oxygen atoms in total. The van der Waals surface area contributed by atoms with Crippen molar-refractivity contribution in [3.8, 4) is 0 Å². The first-order chi connectivity index (χ1) is 9.85. The number of aromatic nitrogens is 2. The summed E-state index contributed by atoms with van der Waals surface area (Å²) in [5.41, 5.74) is -0.884. The largest absolute Gasteiger partial charge is 0.388 e. The van der Waals surface area contributed by atoms with Gasteiger partial charge in [0.2, 0.25) is 5.28 Å². The van der Waals surface area contributed by atoms with Gasteiger partial charge in [-0.1, -0.05) is 0 Å². The number of rotatable bonds is 1. The first-order valence-electron chi connectivity index (χ1n) is 6.65. The quantitative estimate of drug-likeness (QED) is 0.822. The van der Waals surface area contributed by atoms with Gasteiger partial charge in [0.05, 0.1) is 5.60 Å². The third kappa shape index (κ3) is 2.78. The lowest BCUT2D eigenvalue weighted by Gasteiger charge is -2.37. The third-order valence-electron chi connectivity index (χ3n) is 3.65. The van der Waals surface area contributed by atoms with Gasteiger partial charge in [0.15, 0.2) is 5.82 Å². The predicted molar refractivity (Wildman–Crippen MR) is 76.5 cm³/mol. The van der Waals surface area contributed by atoms with Crippen LogP contribution in [-0.2, 0) is 0 Å². The number of nitrogens with zero attached hydrogens (tertiary/aromatic N) is 3. The van der Waals surface area contributed by atoms with Gasteiger partial charge in [0, 0.05) is 24.5 Å². The zero-order chi connectivity index (χ0) is 15.2. The van der Waals surface area contributed by atoms with Crippen LogP contribution in [0.4, 0.5) is 14.6 Å². The Balaban J connectivity index is 2.17. The highest BCUT2D eigenvalue weighted by Crippen LogP contribution is 2.31. The molecule has 0 amide bonds. The van der Waals surface area contributed by atoms with Crippen LogP contribution in [0.15, 0.2) is 12.1 Å². The number of hydrogen-bond donors (Lipinski definition) is 1. The molecule has 3 rings (SSSR count). The third-order valence-corrected chi connectivity index (χ3v) is 3.81. The number of benzene rings is 1. The average Bonchev–Trinajstić information content (AvgIpc) is 2.38. The number of aliphatic hydroxyl groups is 1. The van der Waals surface area contributed by atoms with E-state index >= 15 is 0 Å². The molecule has 1 aliphatic heterocycles. The fourth-order valence-electron chi connectivity index (χ4n) is 2.76. The summed E-state index contributed by atoms with van der Waals surface area (Å²) in [4.78, 5) is 9.73. The first kappa shape index (κ1) is 14.4. The maximum atomic E-state index is 13.9. The highest BCUT2D eigenvalue weighted by atomic mass is 35.5. The van der Waals surface area contributed by atoms with E-state index in [1.165, 1.54) is 6.07 Å². The second-order valence-corrected chi connectivity index (χ2v) is 5.96. The smallest absolute Gasteiger partial charge is 0.225 e. The molecule has 21 heavy (non-hydrogen) atoms. The summed E-state index contributed by atoms with van der Waals surface area (Å²) >= 11 is 5.85. The molecule has 112 valence electrons. The minimum absolute atomic E-state index is 0.0170. The van der Waals surface area contributed by atoms with E-state index in [-0.39, 0.29) is 16.2 Å². The van der Waals surface area contributed by atoms with E-state index in [1.807, 2.05) is 0 Å². The minimum atomic E-state index is -0.867. The summed E-state index contributed by atoms with van der Waals surface area (Å²) in [5, 5.41) is 10.3. The van der Waals surface area contributed by atoms with Crippen molar-refractivity contribution >= 4 is 28.3 Å². The van der Waals surface area contributed by atoms with Crippen molar-refractivity contribution < 1.29 is 13.9 Å². The summed E-state index contributed by atoms with van der Waals surface area (Å²) < 4.78 is 27.4. The Morgan fingerprint density at radius 2 is 2.10 bits per heavy atom. The van der Waals surface area contributed by atoms with Gasteiger partial charge in [-0.05, 0) is 37.4 Å². The molecule has 1 N–H and O–H groups in total. The van der Waals surface area contributed by atoms with E-state index in [0.717, 1.165) is 12.5 Å². The Labute approximate surface area is 125 Å². The van der Waals surface area contributed by atoms with Crippen LogP contribution in [0.25, 0.3) is 10.9 Å². The fourth-order valence-corrected chi connectivity index (χ4v) is 2.92. The highest BCUT2D eigenvalue weighted by Gasteiger charge is 2.30. The van der Waals surface area contributed by atoms with Gasteiger partial charge in [-0.15, -0.1) is 0 Å². The zero-order valence-corrected chi connectivity index (χ0v) is 12.2. The van der Waals surface area contributed by atoms with Crippen molar-refractivity contribution in [2.45, 2.75) is 25.4 Å². The molecule has 0 saturated carbocycles. The number of β-amino-alcohol motifs (C(OH)–C–C–N with tert-alkyl or cyclic N) is 1. The number of hydrogen-bond acceptors (Lipinski definition) is 4. The normalized spacial score (nSPS) is 22.8. The maximum Gasteiger partial charge on any atom is 0.225 e. The van der Waals surface area contributed by atoms with Gasteiger partial charge in [-0.3, -0.25) is 0 Å². The Morgan fingerprint density at radius 1 is 1.33 bits per heavy atom. The zero-order valence-electron chi connectivity index (χ0n) is 11.4. The van der Waals surface area contributed by atoms with Crippen LogP contribution in [0.1, 0.15) is 19.8 Å². The Hall–Kier alpha value is -1.53. The SMILES string of the molecule is CC1(O)CCCN(c2nc(Cl)nc3c(F)cc(F)cc23)C1. The molecule has 1 atom stereocenters. The van der Waals surface area contributed by atoms with Crippen LogP contribution in [0.3, 0.4) is 0 Å². The molecule has 0 radical (unpaired) electrons. The molecule has 1 aromatic heterocycles. The molecule has 7 heteroatoms. The molecule has 0 spiro atoms. The number of piperidine rings is 1. The van der Waals surface area contributed by atoms with Crippen LogP contribution >= 0.6 is 11.6 Å². The van der Waals surface area contributed by atoms with Crippen molar-refractivity contribution in [3.05, 3.63) is 29.1 Å². The second kappa shape index (κ2) is 5.03. The molecule has 0 aliphatic carbocycles. The maximum absolute atomic E-state index is 13.9. The van der Waals surface area contributed by atoms with Crippen LogP contribution in [0.5, 0.6) is 0 Å². The summed E-state index contributed by atoms with van der Waals surface area (Å²) in [6, 6.07) is 1.95. The van der Waals surface area contributed by atoms with Gasteiger partial charge in [-0.2, -0.15) is 4.98 Å². The molecular weight excluding hydrogens is 300 g/mol. The van der Waals surface area contributed by atoms with Crippen LogP contribution < -0.4 is 4.90 Å². The lowest BCUT2D eigenvalue weighted by molar-refractivity contribution is 0.0448. The standard InChI is InChI=1S/C14H14ClF2N3O/c1-14(21)3-2-4-20(7-14)12-9-5-8(16)6-10(17)11(9)18-13(15)19-12/h5-6,21H,2-4,7H2,1H3. The first-order valence-corrected chi connectivity index (χ1v) is 7.03. The van der Waals surface area contributed by atoms with E-state index in [2.05, 4.69) is 9.97 Å². The Kier molecular flexibility index (Phi) is 3.45. The number of fused-ring (bicyclic) bond motifs is 1. The van der Waals surface area contributed by atoms with Gasteiger partial charge in [0.1, 0.15) is 17.2 Å². The molecule has 1 unspecified atom stereocenters. The van der Waals surface area contributed by atoms with Gasteiger partial charge >= 0.3 is 0 Å². The topological polar surface area (TPSA) is 49.2 Å². The van der Waals surface area contributed by atoms with Gasteiger partial charge < -0.3 is 10.0 Å². The number of halogens is 3. The second-order valence-electron chi connectivity index (χ2n) is 5.62. The lowest BCUT2D eigenvalue weighted by atomic mass is 9.95. The van der Waals surface area contributed by atoms with Crippen LogP contribution in [-0.4, -0.2) is 33.8 Å². The highest BCUT2D eigenvalue weighted by molar-refractivity contribution is 6.28. The monoisotopic (exact) mass is 313 g/mol. The molecule has 0 bridgehead atoms. The Morgan fingerprint density at radius 3 is 2.81 bits per heavy atom.